The van der Waals surface area contributed by atoms with Gasteiger partial charge in [0.15, 0.2) is 5.78 Å². The molecule has 0 radical (unpaired) electrons. The van der Waals surface area contributed by atoms with Gasteiger partial charge in [-0.05, 0) is 41.5 Å². The van der Waals surface area contributed by atoms with E-state index in [1.165, 1.54) is 16.9 Å². The lowest BCUT2D eigenvalue weighted by molar-refractivity contribution is 0.0969. The zero-order valence-electron chi connectivity index (χ0n) is 9.40. The minimum absolute atomic E-state index is 0.0855. The third kappa shape index (κ3) is 2.20. The van der Waals surface area contributed by atoms with Crippen LogP contribution in [-0.4, -0.2) is 5.78 Å². The topological polar surface area (TPSA) is 17.1 Å². The zero-order chi connectivity index (χ0) is 12.7. The maximum atomic E-state index is 12.2. The van der Waals surface area contributed by atoms with Crippen molar-refractivity contribution in [3.63, 3.8) is 0 Å². The van der Waals surface area contributed by atoms with Crippen molar-refractivity contribution in [2.75, 3.05) is 0 Å². The first-order valence-corrected chi connectivity index (χ1v) is 7.33. The molecule has 0 bridgehead atoms. The molecule has 1 heterocycles. The quantitative estimate of drug-likeness (QED) is 0.725. The van der Waals surface area contributed by atoms with Crippen molar-refractivity contribution in [2.45, 2.75) is 12.3 Å². The molecule has 0 spiro atoms. The van der Waals surface area contributed by atoms with Gasteiger partial charge >= 0.3 is 0 Å². The highest BCUT2D eigenvalue weighted by Crippen LogP contribution is 2.50. The summed E-state index contributed by atoms with van der Waals surface area (Å²) in [6.07, 6.45) is 0.911. The van der Waals surface area contributed by atoms with Gasteiger partial charge in [-0.2, -0.15) is 0 Å². The molecular formula is C14H10Cl2OS. The van der Waals surface area contributed by atoms with Gasteiger partial charge in [-0.25, -0.2) is 0 Å². The van der Waals surface area contributed by atoms with Crippen molar-refractivity contribution >= 4 is 40.3 Å². The molecule has 1 aromatic carbocycles. The van der Waals surface area contributed by atoms with E-state index in [0.717, 1.165) is 11.4 Å². The molecule has 0 aliphatic heterocycles. The molecule has 1 saturated carbocycles. The lowest BCUT2D eigenvalue weighted by Gasteiger charge is -2.00. The molecule has 1 nitrogen and oxygen atoms in total. The van der Waals surface area contributed by atoms with Crippen molar-refractivity contribution in [1.82, 2.24) is 0 Å². The van der Waals surface area contributed by atoms with Crippen LogP contribution in [0, 0.1) is 5.92 Å². The van der Waals surface area contributed by atoms with Crippen LogP contribution in [0.2, 0.25) is 10.0 Å². The molecule has 2 aromatic rings. The number of carbonyl (C=O) groups is 1. The number of hydrogen-bond acceptors (Lipinski definition) is 2. The minimum Gasteiger partial charge on any atom is -0.293 e. The normalized spacial score (nSPS) is 21.9. The van der Waals surface area contributed by atoms with Crippen LogP contribution in [-0.2, 0) is 0 Å². The van der Waals surface area contributed by atoms with Gasteiger partial charge in [0.25, 0.3) is 0 Å². The number of benzene rings is 1. The first-order chi connectivity index (χ1) is 8.66. The van der Waals surface area contributed by atoms with E-state index in [1.54, 1.807) is 6.07 Å². The molecular weight excluding hydrogens is 287 g/mol. The van der Waals surface area contributed by atoms with Gasteiger partial charge < -0.3 is 0 Å². The molecule has 3 rings (SSSR count). The van der Waals surface area contributed by atoms with Crippen LogP contribution in [0.4, 0.5) is 0 Å². The largest absolute Gasteiger partial charge is 0.293 e. The lowest BCUT2D eigenvalue weighted by Crippen LogP contribution is -2.01. The lowest BCUT2D eigenvalue weighted by atomic mass is 10.1. The summed E-state index contributed by atoms with van der Waals surface area (Å²) in [5, 5.41) is 3.16. The molecule has 1 fully saturated rings. The van der Waals surface area contributed by atoms with E-state index in [2.05, 4.69) is 0 Å². The first kappa shape index (κ1) is 12.2. The van der Waals surface area contributed by atoms with E-state index in [1.807, 2.05) is 29.6 Å². The Morgan fingerprint density at radius 2 is 1.89 bits per heavy atom. The predicted octanol–water partition coefficient (Wildman–Crippen LogP) is 5.04. The minimum atomic E-state index is 0.0855. The maximum absolute atomic E-state index is 12.2. The van der Waals surface area contributed by atoms with E-state index in [0.29, 0.717) is 15.8 Å². The standard InChI is InChI=1S/C14H10Cl2OS/c15-9-3-1-8(2-4-9)10-7-11(10)13(17)14-12(16)5-6-18-14/h1-6,10-11H,7H2. The van der Waals surface area contributed by atoms with E-state index in [4.69, 9.17) is 23.2 Å². The van der Waals surface area contributed by atoms with Gasteiger partial charge in [0.2, 0.25) is 0 Å². The Morgan fingerprint density at radius 3 is 2.50 bits per heavy atom. The highest BCUT2D eigenvalue weighted by molar-refractivity contribution is 7.12. The van der Waals surface area contributed by atoms with Crippen molar-refractivity contribution in [1.29, 1.82) is 0 Å². The van der Waals surface area contributed by atoms with Crippen molar-refractivity contribution in [3.05, 3.63) is 56.2 Å². The Bertz CT molecular complexity index is 588. The van der Waals surface area contributed by atoms with Crippen LogP contribution in [0.1, 0.15) is 27.6 Å². The van der Waals surface area contributed by atoms with Crippen LogP contribution in [0.3, 0.4) is 0 Å². The molecule has 0 amide bonds. The van der Waals surface area contributed by atoms with Crippen molar-refractivity contribution in [3.8, 4) is 0 Å². The molecule has 1 aliphatic carbocycles. The molecule has 92 valence electrons. The second-order valence-electron chi connectivity index (χ2n) is 4.46. The van der Waals surface area contributed by atoms with Crippen LogP contribution >= 0.6 is 34.5 Å². The summed E-state index contributed by atoms with van der Waals surface area (Å²) in [4.78, 5) is 12.9. The summed E-state index contributed by atoms with van der Waals surface area (Å²) in [6, 6.07) is 9.51. The third-order valence-corrected chi connectivity index (χ3v) is 4.87. The van der Waals surface area contributed by atoms with Gasteiger partial charge in [0, 0.05) is 10.9 Å². The van der Waals surface area contributed by atoms with Gasteiger partial charge in [-0.1, -0.05) is 35.3 Å². The highest BCUT2D eigenvalue weighted by Gasteiger charge is 2.44. The van der Waals surface area contributed by atoms with Crippen molar-refractivity contribution in [2.24, 2.45) is 5.92 Å². The Morgan fingerprint density at radius 1 is 1.17 bits per heavy atom. The monoisotopic (exact) mass is 296 g/mol. The zero-order valence-corrected chi connectivity index (χ0v) is 11.7. The van der Waals surface area contributed by atoms with Crippen LogP contribution in [0.15, 0.2) is 35.7 Å². The molecule has 0 saturated heterocycles. The Balaban J connectivity index is 1.76. The van der Waals surface area contributed by atoms with Crippen molar-refractivity contribution < 1.29 is 4.79 Å². The average molecular weight is 297 g/mol. The summed E-state index contributed by atoms with van der Waals surface area (Å²) in [5.41, 5.74) is 1.19. The van der Waals surface area contributed by atoms with Gasteiger partial charge in [0.1, 0.15) is 0 Å². The SMILES string of the molecule is O=C(c1sccc1Cl)C1CC1c1ccc(Cl)cc1. The maximum Gasteiger partial charge on any atom is 0.178 e. The second-order valence-corrected chi connectivity index (χ2v) is 6.22. The Labute approximate surface area is 119 Å². The molecule has 18 heavy (non-hydrogen) atoms. The summed E-state index contributed by atoms with van der Waals surface area (Å²) < 4.78 is 0. The molecule has 1 aliphatic rings. The van der Waals surface area contributed by atoms with E-state index in [9.17, 15) is 4.79 Å². The summed E-state index contributed by atoms with van der Waals surface area (Å²) in [6.45, 7) is 0. The fourth-order valence-corrected chi connectivity index (χ4v) is 3.48. The van der Waals surface area contributed by atoms with Gasteiger partial charge in [0.05, 0.1) is 9.90 Å². The molecule has 2 atom stereocenters. The van der Waals surface area contributed by atoms with E-state index >= 15 is 0 Å². The number of hydrogen-bond donors (Lipinski definition) is 0. The van der Waals surface area contributed by atoms with Crippen LogP contribution < -0.4 is 0 Å². The summed E-state index contributed by atoms with van der Waals surface area (Å²) >= 11 is 13.3. The smallest absolute Gasteiger partial charge is 0.178 e. The second kappa shape index (κ2) is 4.69. The molecule has 1 aromatic heterocycles. The number of thiophene rings is 1. The van der Waals surface area contributed by atoms with E-state index in [-0.39, 0.29) is 11.7 Å². The summed E-state index contributed by atoms with van der Waals surface area (Å²) in [7, 11) is 0. The molecule has 2 unspecified atom stereocenters. The van der Waals surface area contributed by atoms with Crippen LogP contribution in [0.25, 0.3) is 0 Å². The fraction of sp³-hybridized carbons (Fsp3) is 0.214. The number of ketones is 1. The summed E-state index contributed by atoms with van der Waals surface area (Å²) in [5.74, 6) is 0.588. The molecule has 4 heteroatoms. The third-order valence-electron chi connectivity index (χ3n) is 3.27. The number of Topliss-reactive ketones (excluding diaryl/α,β-unsaturated/α-hetero) is 1. The number of carbonyl (C=O) groups excluding carboxylic acids is 1. The Kier molecular flexibility index (Phi) is 3.18. The number of rotatable bonds is 3. The first-order valence-electron chi connectivity index (χ1n) is 5.69. The average Bonchev–Trinajstić information content (AvgIpc) is 3.05. The van der Waals surface area contributed by atoms with Gasteiger partial charge in [-0.3, -0.25) is 4.79 Å². The highest BCUT2D eigenvalue weighted by atomic mass is 35.5. The molecule has 0 N–H and O–H groups in total. The van der Waals surface area contributed by atoms with Crippen LogP contribution in [0.5, 0.6) is 0 Å². The predicted molar refractivity (Wildman–Crippen MR) is 76.0 cm³/mol. The Hall–Kier alpha value is -0.830. The van der Waals surface area contributed by atoms with Gasteiger partial charge in [-0.15, -0.1) is 11.3 Å². The fourth-order valence-electron chi connectivity index (χ4n) is 2.20. The number of halogens is 2. The van der Waals surface area contributed by atoms with E-state index < -0.39 is 0 Å².